The van der Waals surface area contributed by atoms with Gasteiger partial charge in [0.25, 0.3) is 5.91 Å². The Morgan fingerprint density at radius 3 is 2.58 bits per heavy atom. The first-order valence-corrected chi connectivity index (χ1v) is 9.91. The van der Waals surface area contributed by atoms with Crippen molar-refractivity contribution in [1.82, 2.24) is 9.97 Å². The topological polar surface area (TPSA) is 54.9 Å². The molecule has 2 aromatic carbocycles. The Morgan fingerprint density at radius 2 is 1.81 bits per heavy atom. The van der Waals surface area contributed by atoms with E-state index in [1.54, 1.807) is 0 Å². The zero-order chi connectivity index (χ0) is 18.1. The summed E-state index contributed by atoms with van der Waals surface area (Å²) < 4.78 is 1.08. The number of fused-ring (bicyclic) bond motifs is 1. The molecule has 0 fully saturated rings. The van der Waals surface area contributed by atoms with E-state index in [1.165, 1.54) is 28.2 Å². The summed E-state index contributed by atoms with van der Waals surface area (Å²) in [5, 5.41) is 4.50. The molecule has 0 atom stereocenters. The summed E-state index contributed by atoms with van der Waals surface area (Å²) in [5.41, 5.74) is 4.00. The van der Waals surface area contributed by atoms with E-state index >= 15 is 0 Å². The number of benzene rings is 2. The first-order chi connectivity index (χ1) is 12.6. The summed E-state index contributed by atoms with van der Waals surface area (Å²) in [7, 11) is 0. The van der Waals surface area contributed by atoms with Crippen LogP contribution in [0.4, 0.5) is 5.13 Å². The molecule has 0 spiro atoms. The molecule has 0 aliphatic heterocycles. The van der Waals surface area contributed by atoms with Crippen LogP contribution in [-0.2, 0) is 6.42 Å². The Labute approximate surface area is 159 Å². The fourth-order valence-corrected chi connectivity index (χ4v) is 4.74. The number of nitrogens with zero attached hydrogens (tertiary/aromatic N) is 2. The molecule has 6 heteroatoms. The normalized spacial score (nSPS) is 11.0. The van der Waals surface area contributed by atoms with Crippen molar-refractivity contribution < 1.29 is 4.79 Å². The number of aryl methyl sites for hydroxylation is 2. The number of hydrogen-bond donors (Lipinski definition) is 1. The number of aromatic nitrogens is 2. The predicted molar refractivity (Wildman–Crippen MR) is 108 cm³/mol. The quantitative estimate of drug-likeness (QED) is 0.529. The zero-order valence-electron chi connectivity index (χ0n) is 14.4. The van der Waals surface area contributed by atoms with Crippen LogP contribution in [0.3, 0.4) is 0 Å². The number of anilines is 1. The summed E-state index contributed by atoms with van der Waals surface area (Å²) >= 11 is 2.94. The van der Waals surface area contributed by atoms with Crippen LogP contribution in [0.25, 0.3) is 10.2 Å². The minimum absolute atomic E-state index is 0.143. The molecule has 1 amide bonds. The number of nitrogens with one attached hydrogen (secondary N) is 1. The maximum atomic E-state index is 12.7. The number of carbonyl (C=O) groups excluding carboxylic acids is 1. The molecule has 2 aromatic heterocycles. The van der Waals surface area contributed by atoms with Gasteiger partial charge in [-0.2, -0.15) is 0 Å². The van der Waals surface area contributed by atoms with Gasteiger partial charge in [-0.1, -0.05) is 53.8 Å². The molecular formula is C20H17N3OS2. The number of carbonyl (C=O) groups is 1. The van der Waals surface area contributed by atoms with Crippen LogP contribution in [0, 0.1) is 13.8 Å². The molecule has 4 rings (SSSR count). The molecule has 0 saturated heterocycles. The molecule has 130 valence electrons. The summed E-state index contributed by atoms with van der Waals surface area (Å²) in [4.78, 5) is 22.5. The minimum Gasteiger partial charge on any atom is -0.297 e. The van der Waals surface area contributed by atoms with Gasteiger partial charge in [0.2, 0.25) is 0 Å². The number of thiazole rings is 2. The average molecular weight is 380 g/mol. The van der Waals surface area contributed by atoms with Gasteiger partial charge in [0.05, 0.1) is 20.9 Å². The Hall–Kier alpha value is -2.57. The van der Waals surface area contributed by atoms with Crippen LogP contribution in [0.1, 0.15) is 31.5 Å². The number of hydrogen-bond acceptors (Lipinski definition) is 5. The molecule has 0 saturated carbocycles. The summed E-state index contributed by atoms with van der Waals surface area (Å²) in [6.45, 7) is 3.90. The van der Waals surface area contributed by atoms with Gasteiger partial charge >= 0.3 is 0 Å². The van der Waals surface area contributed by atoms with Crippen LogP contribution in [-0.4, -0.2) is 15.9 Å². The molecule has 4 nitrogen and oxygen atoms in total. The monoisotopic (exact) mass is 379 g/mol. The van der Waals surface area contributed by atoms with E-state index in [9.17, 15) is 4.79 Å². The largest absolute Gasteiger partial charge is 0.297 e. The molecule has 0 aliphatic carbocycles. The number of para-hydroxylation sites is 1. The van der Waals surface area contributed by atoms with Crippen LogP contribution in [0.15, 0.2) is 48.5 Å². The molecule has 0 radical (unpaired) electrons. The standard InChI is InChI=1S/C20H17N3OS2/c1-12-7-6-10-15-17(12)22-20(25-15)23-19(24)18-13(2)21-16(26-18)11-14-8-4-3-5-9-14/h3-10H,11H2,1-2H3,(H,22,23,24). The second-order valence-electron chi connectivity index (χ2n) is 6.08. The smallest absolute Gasteiger partial charge is 0.269 e. The highest BCUT2D eigenvalue weighted by Crippen LogP contribution is 2.29. The second-order valence-corrected chi connectivity index (χ2v) is 8.19. The van der Waals surface area contributed by atoms with Crippen LogP contribution < -0.4 is 5.32 Å². The SMILES string of the molecule is Cc1nc(Cc2ccccc2)sc1C(=O)Nc1nc2c(C)cccc2s1. The van der Waals surface area contributed by atoms with Gasteiger partial charge < -0.3 is 0 Å². The summed E-state index contributed by atoms with van der Waals surface area (Å²) in [6, 6.07) is 16.2. The molecule has 0 bridgehead atoms. The van der Waals surface area contributed by atoms with E-state index in [1.807, 2.05) is 50.2 Å². The highest BCUT2D eigenvalue weighted by atomic mass is 32.1. The third-order valence-corrected chi connectivity index (χ3v) is 6.18. The van der Waals surface area contributed by atoms with E-state index in [0.717, 1.165) is 32.9 Å². The van der Waals surface area contributed by atoms with Crippen molar-refractivity contribution in [1.29, 1.82) is 0 Å². The van der Waals surface area contributed by atoms with E-state index in [2.05, 4.69) is 27.4 Å². The van der Waals surface area contributed by atoms with Gasteiger partial charge in [-0.3, -0.25) is 10.1 Å². The van der Waals surface area contributed by atoms with Crippen molar-refractivity contribution in [3.63, 3.8) is 0 Å². The molecule has 4 aromatic rings. The van der Waals surface area contributed by atoms with Crippen molar-refractivity contribution in [3.8, 4) is 0 Å². The van der Waals surface area contributed by atoms with E-state index in [0.29, 0.717) is 10.0 Å². The molecule has 0 unspecified atom stereocenters. The van der Waals surface area contributed by atoms with E-state index in [4.69, 9.17) is 0 Å². The Bertz CT molecular complexity index is 1080. The highest BCUT2D eigenvalue weighted by Gasteiger charge is 2.17. The fraction of sp³-hybridized carbons (Fsp3) is 0.150. The van der Waals surface area contributed by atoms with Crippen LogP contribution in [0.2, 0.25) is 0 Å². The van der Waals surface area contributed by atoms with Crippen molar-refractivity contribution in [3.05, 3.63) is 75.2 Å². The maximum Gasteiger partial charge on any atom is 0.269 e. The number of rotatable bonds is 4. The minimum atomic E-state index is -0.143. The van der Waals surface area contributed by atoms with E-state index in [-0.39, 0.29) is 5.91 Å². The third kappa shape index (κ3) is 3.38. The van der Waals surface area contributed by atoms with Crippen LogP contribution in [0.5, 0.6) is 0 Å². The maximum absolute atomic E-state index is 12.7. The van der Waals surface area contributed by atoms with Crippen molar-refractivity contribution in [2.24, 2.45) is 0 Å². The first kappa shape index (κ1) is 16.9. The van der Waals surface area contributed by atoms with Gasteiger partial charge in [0.15, 0.2) is 5.13 Å². The first-order valence-electron chi connectivity index (χ1n) is 8.28. The van der Waals surface area contributed by atoms with Gasteiger partial charge in [0, 0.05) is 6.42 Å². The van der Waals surface area contributed by atoms with Gasteiger partial charge in [-0.05, 0) is 31.0 Å². The summed E-state index contributed by atoms with van der Waals surface area (Å²) in [5.74, 6) is -0.143. The second kappa shape index (κ2) is 6.97. The van der Waals surface area contributed by atoms with Gasteiger partial charge in [-0.25, -0.2) is 9.97 Å². The Balaban J connectivity index is 1.55. The molecule has 1 N–H and O–H groups in total. The van der Waals surface area contributed by atoms with Gasteiger partial charge in [0.1, 0.15) is 4.88 Å². The van der Waals surface area contributed by atoms with E-state index < -0.39 is 0 Å². The molecule has 26 heavy (non-hydrogen) atoms. The molecule has 2 heterocycles. The lowest BCUT2D eigenvalue weighted by Crippen LogP contribution is -2.11. The third-order valence-electron chi connectivity index (χ3n) is 4.09. The summed E-state index contributed by atoms with van der Waals surface area (Å²) in [6.07, 6.45) is 0.736. The average Bonchev–Trinajstić information content (AvgIpc) is 3.19. The predicted octanol–water partition coefficient (Wildman–Crippen LogP) is 5.21. The van der Waals surface area contributed by atoms with Gasteiger partial charge in [-0.15, -0.1) is 11.3 Å². The Kier molecular flexibility index (Phi) is 4.53. The van der Waals surface area contributed by atoms with Crippen molar-refractivity contribution in [2.75, 3.05) is 5.32 Å². The fourth-order valence-electron chi connectivity index (χ4n) is 2.80. The lowest BCUT2D eigenvalue weighted by molar-refractivity contribution is 0.103. The van der Waals surface area contributed by atoms with Crippen molar-refractivity contribution >= 4 is 43.9 Å². The lowest BCUT2D eigenvalue weighted by Gasteiger charge is -1.98. The number of amides is 1. The van der Waals surface area contributed by atoms with Crippen LogP contribution >= 0.6 is 22.7 Å². The lowest BCUT2D eigenvalue weighted by atomic mass is 10.2. The zero-order valence-corrected chi connectivity index (χ0v) is 16.1. The Morgan fingerprint density at radius 1 is 1.00 bits per heavy atom. The highest BCUT2D eigenvalue weighted by molar-refractivity contribution is 7.22. The molecule has 0 aliphatic rings. The molecular weight excluding hydrogens is 362 g/mol. The van der Waals surface area contributed by atoms with Crippen molar-refractivity contribution in [2.45, 2.75) is 20.3 Å².